The lowest BCUT2D eigenvalue weighted by Crippen LogP contribution is -2.66. The van der Waals surface area contributed by atoms with Crippen molar-refractivity contribution in [1.82, 2.24) is 15.5 Å². The topological polar surface area (TPSA) is 409 Å². The number of amides is 4. The Hall–Kier alpha value is -3.88. The van der Waals surface area contributed by atoms with E-state index in [0.717, 1.165) is 69.6 Å². The van der Waals surface area contributed by atoms with Crippen molar-refractivity contribution in [2.45, 2.75) is 301 Å². The third-order valence-electron chi connectivity index (χ3n) is 15.0. The summed E-state index contributed by atoms with van der Waals surface area (Å²) in [5.74, 6) is -6.49. The molecule has 12 atom stereocenters. The third-order valence-corrected chi connectivity index (χ3v) is 15.4. The molecule has 1 aliphatic rings. The van der Waals surface area contributed by atoms with Crippen LogP contribution in [-0.2, 0) is 61.6 Å². The number of nitrogens with two attached hydrogens (primary N) is 3. The first-order chi connectivity index (χ1) is 40.4. The van der Waals surface area contributed by atoms with E-state index in [4.69, 9.17) is 41.0 Å². The van der Waals surface area contributed by atoms with Gasteiger partial charge in [0.2, 0.25) is 23.6 Å². The summed E-state index contributed by atoms with van der Waals surface area (Å²) in [6, 6.07) is -4.39. The van der Waals surface area contributed by atoms with Crippen LogP contribution in [0.2, 0.25) is 0 Å². The maximum absolute atomic E-state index is 14.2. The van der Waals surface area contributed by atoms with E-state index in [1.54, 1.807) is 0 Å². The second-order valence-electron chi connectivity index (χ2n) is 22.7. The highest BCUT2D eigenvalue weighted by atomic mass is 31.1. The SMILES string of the molecule is CCCCCCCCCCCCCCCC(=O)OC([C@H](CO)OC(=O)CCCCCCCCCCCCCCC)[C@@](C)(N)C(=O)N[C@@H](CCC(=O)N(CC(C)O[C@H]1[C@H](O)[C@@H](CO)O[C@H](O)[C@@H]1NC(C)=O)[C@@H](C)C(=O)O)C(N)=O.NCCO[PH](=O)O. The second kappa shape index (κ2) is 49.1. The Morgan fingerprint density at radius 2 is 1.16 bits per heavy atom. The maximum Gasteiger partial charge on any atom is 0.326 e. The molecule has 1 heterocycles. The number of nitrogens with zero attached hydrogens (tertiary/aromatic N) is 1. The van der Waals surface area contributed by atoms with Gasteiger partial charge in [0.05, 0.1) is 25.9 Å². The molecule has 0 bridgehead atoms. The molecule has 1 aliphatic heterocycles. The van der Waals surface area contributed by atoms with E-state index in [9.17, 15) is 63.7 Å². The van der Waals surface area contributed by atoms with Crippen molar-refractivity contribution >= 4 is 49.8 Å². The van der Waals surface area contributed by atoms with Gasteiger partial charge in [-0.15, -0.1) is 0 Å². The Morgan fingerprint density at radius 3 is 1.54 bits per heavy atom. The number of aliphatic hydroxyl groups is 4. The molecule has 4 amide bonds. The van der Waals surface area contributed by atoms with Gasteiger partial charge in [-0.3, -0.25) is 33.3 Å². The minimum absolute atomic E-state index is 0.00392. The number of rotatable bonds is 50. The minimum Gasteiger partial charge on any atom is -0.480 e. The van der Waals surface area contributed by atoms with E-state index in [0.29, 0.717) is 12.8 Å². The van der Waals surface area contributed by atoms with E-state index in [2.05, 4.69) is 29.0 Å². The zero-order valence-electron chi connectivity index (χ0n) is 52.2. The van der Waals surface area contributed by atoms with Crippen LogP contribution in [0.5, 0.6) is 0 Å². The average molecular weight is 1240 g/mol. The molecule has 0 radical (unpaired) electrons. The first kappa shape index (κ1) is 81.1. The van der Waals surface area contributed by atoms with Crippen molar-refractivity contribution in [1.29, 1.82) is 0 Å². The van der Waals surface area contributed by atoms with Crippen molar-refractivity contribution in [2.24, 2.45) is 17.2 Å². The number of aliphatic hydroxyl groups excluding tert-OH is 4. The smallest absolute Gasteiger partial charge is 0.326 e. The fraction of sp³-hybridized carbons (Fsp3) is 0.881. The van der Waals surface area contributed by atoms with Crippen LogP contribution in [0.25, 0.3) is 0 Å². The first-order valence-electron chi connectivity index (χ1n) is 31.5. The highest BCUT2D eigenvalue weighted by molar-refractivity contribution is 7.32. The Bertz CT molecular complexity index is 1870. The average Bonchev–Trinajstić information content (AvgIpc) is 3.14. The second-order valence-corrected chi connectivity index (χ2v) is 23.5. The largest absolute Gasteiger partial charge is 0.480 e. The Labute approximate surface area is 506 Å². The summed E-state index contributed by atoms with van der Waals surface area (Å²) in [5.41, 5.74) is 15.0. The normalized spacial score (nSPS) is 19.6. The van der Waals surface area contributed by atoms with Gasteiger partial charge in [-0.05, 0) is 40.0 Å². The Balaban J connectivity index is 0.00000942. The van der Waals surface area contributed by atoms with Gasteiger partial charge < -0.3 is 86.6 Å². The number of ether oxygens (including phenoxy) is 4. The van der Waals surface area contributed by atoms with E-state index >= 15 is 0 Å². The van der Waals surface area contributed by atoms with E-state index in [-0.39, 0.29) is 26.0 Å². The summed E-state index contributed by atoms with van der Waals surface area (Å²) in [6.45, 7) is 7.85. The number of nitrogens with one attached hydrogen (secondary N) is 2. The van der Waals surface area contributed by atoms with Gasteiger partial charge in [0.25, 0.3) is 0 Å². The van der Waals surface area contributed by atoms with Gasteiger partial charge in [0.15, 0.2) is 18.5 Å². The molecule has 26 heteroatoms. The van der Waals surface area contributed by atoms with Crippen LogP contribution in [0.15, 0.2) is 0 Å². The van der Waals surface area contributed by atoms with Gasteiger partial charge >= 0.3 is 26.2 Å². The molecule has 0 aromatic heterocycles. The molecule has 25 nitrogen and oxygen atoms in total. The number of primary amides is 1. The van der Waals surface area contributed by atoms with Crippen LogP contribution < -0.4 is 27.8 Å². The summed E-state index contributed by atoms with van der Waals surface area (Å²) < 4.78 is 36.5. The van der Waals surface area contributed by atoms with E-state index in [1.165, 1.54) is 117 Å². The van der Waals surface area contributed by atoms with Gasteiger partial charge in [0, 0.05) is 39.3 Å². The summed E-state index contributed by atoms with van der Waals surface area (Å²) >= 11 is 0. The summed E-state index contributed by atoms with van der Waals surface area (Å²) in [4.78, 5) is 101. The number of carbonyl (C=O) groups excluding carboxylic acids is 6. The molecule has 1 fully saturated rings. The molecule has 0 aliphatic carbocycles. The van der Waals surface area contributed by atoms with Crippen LogP contribution >= 0.6 is 8.25 Å². The molecular weight excluding hydrogens is 1130 g/mol. The molecule has 0 spiro atoms. The van der Waals surface area contributed by atoms with Crippen molar-refractivity contribution in [2.75, 3.05) is 32.9 Å². The monoisotopic (exact) mass is 1240 g/mol. The standard InChI is InChI=1S/C57H105N5O16.C2H8NO3P/c1-7-9-11-13-15-17-19-21-23-25-27-29-31-33-47(67)76-45(39-64)52(78-48(68)34-32-30-28-26-24-22-20-18-16-14-12-10-8-2)57(6,59)56(74)61-43(53(58)70)35-36-46(66)62(41(4)54(71)72)37-40(3)75-51-49(60-42(5)65)55(73)77-44(38-63)50(51)69;3-1-2-6-7(4)5/h40-41,43-45,49-52,55,63-64,69,73H,7-39,59H2,1-6H3,(H2,58,70)(H,60,65)(H,61,74)(H,71,72);7H,1-3H2,(H,4,5)/t40?,41-,43-,44+,45-,49+,50+,51+,52?,55-,57+;/m0./s1. The quantitative estimate of drug-likeness (QED) is 0.0211. The van der Waals surface area contributed by atoms with Crippen molar-refractivity contribution in [3.63, 3.8) is 0 Å². The lowest BCUT2D eigenvalue weighted by Gasteiger charge is -2.43. The third kappa shape index (κ3) is 36.9. The van der Waals surface area contributed by atoms with Crippen LogP contribution in [0, 0.1) is 0 Å². The number of hydrogen-bond acceptors (Lipinski definition) is 19. The number of carboxylic acids is 1. The van der Waals surface area contributed by atoms with Crippen LogP contribution in [0.3, 0.4) is 0 Å². The molecular formula is C59H113N6O19P. The van der Waals surface area contributed by atoms with Gasteiger partial charge in [-0.25, -0.2) is 4.79 Å². The number of esters is 2. The lowest BCUT2D eigenvalue weighted by atomic mass is 9.89. The summed E-state index contributed by atoms with van der Waals surface area (Å²) in [5, 5.41) is 56.6. The van der Waals surface area contributed by atoms with Crippen molar-refractivity contribution < 1.29 is 92.0 Å². The number of unbranched alkanes of at least 4 members (excludes halogenated alkanes) is 24. The number of hydrogen-bond donors (Lipinski definition) is 11. The molecule has 3 unspecified atom stereocenters. The van der Waals surface area contributed by atoms with Crippen LogP contribution in [-0.4, -0.2) is 176 Å². The van der Waals surface area contributed by atoms with Crippen LogP contribution in [0.4, 0.5) is 0 Å². The van der Waals surface area contributed by atoms with Gasteiger partial charge in [-0.1, -0.05) is 168 Å². The minimum atomic E-state index is -2.73. The summed E-state index contributed by atoms with van der Waals surface area (Å²) in [7, 11) is -2.73. The van der Waals surface area contributed by atoms with E-state index < -0.39 is 149 Å². The van der Waals surface area contributed by atoms with Crippen LogP contribution in [0.1, 0.15) is 234 Å². The molecule has 1 saturated heterocycles. The first-order valence-corrected chi connectivity index (χ1v) is 32.7. The molecule has 0 aromatic rings. The molecule has 0 saturated carbocycles. The molecule has 14 N–H and O–H groups in total. The molecule has 1 rings (SSSR count). The summed E-state index contributed by atoms with van der Waals surface area (Å²) in [6.07, 6.45) is 17.1. The zero-order chi connectivity index (χ0) is 64.2. The Morgan fingerprint density at radius 1 is 0.718 bits per heavy atom. The Kier molecular flexibility index (Phi) is 46.8. The number of carbonyl (C=O) groups is 7. The molecule has 498 valence electrons. The van der Waals surface area contributed by atoms with Crippen molar-refractivity contribution in [3.05, 3.63) is 0 Å². The highest BCUT2D eigenvalue weighted by Gasteiger charge is 2.49. The zero-order valence-corrected chi connectivity index (χ0v) is 53.2. The number of aliphatic carboxylic acids is 1. The van der Waals surface area contributed by atoms with Crippen molar-refractivity contribution in [3.8, 4) is 0 Å². The molecule has 85 heavy (non-hydrogen) atoms. The lowest BCUT2D eigenvalue weighted by molar-refractivity contribution is -0.268. The fourth-order valence-electron chi connectivity index (χ4n) is 9.90. The maximum atomic E-state index is 14.2. The van der Waals surface area contributed by atoms with E-state index in [1.807, 2.05) is 0 Å². The number of carboxylic acid groups (broad SMARTS) is 1. The molecule has 0 aromatic carbocycles. The van der Waals surface area contributed by atoms with Gasteiger partial charge in [-0.2, -0.15) is 0 Å². The predicted octanol–water partition coefficient (Wildman–Crippen LogP) is 5.23. The fourth-order valence-corrected chi connectivity index (χ4v) is 10.2. The van der Waals surface area contributed by atoms with Gasteiger partial charge in [0.1, 0.15) is 42.0 Å². The highest BCUT2D eigenvalue weighted by Crippen LogP contribution is 2.26. The predicted molar refractivity (Wildman–Crippen MR) is 321 cm³/mol.